The van der Waals surface area contributed by atoms with Gasteiger partial charge in [0, 0.05) is 7.11 Å². The van der Waals surface area contributed by atoms with Crippen LogP contribution in [0.15, 0.2) is 0 Å². The minimum absolute atomic E-state index is 0.0672. The number of nitrogens with one attached hydrogen (secondary N) is 1. The maximum atomic E-state index is 11.7. The molecule has 4 nitrogen and oxygen atoms in total. The van der Waals surface area contributed by atoms with Gasteiger partial charge in [-0.3, -0.25) is 4.79 Å². The summed E-state index contributed by atoms with van der Waals surface area (Å²) in [6.07, 6.45) is 1.77. The highest BCUT2D eigenvalue weighted by Gasteiger charge is 2.21. The van der Waals surface area contributed by atoms with Gasteiger partial charge in [0.05, 0.1) is 18.7 Å². The zero-order valence-corrected chi connectivity index (χ0v) is 10.2. The molecular formula is C11H24N2O2. The first-order valence-electron chi connectivity index (χ1n) is 5.61. The van der Waals surface area contributed by atoms with Gasteiger partial charge in [-0.1, -0.05) is 27.2 Å². The second-order valence-corrected chi connectivity index (χ2v) is 3.98. The molecule has 0 bridgehead atoms. The van der Waals surface area contributed by atoms with Gasteiger partial charge in [-0.05, 0) is 12.3 Å². The van der Waals surface area contributed by atoms with E-state index in [4.69, 9.17) is 10.5 Å². The zero-order valence-electron chi connectivity index (χ0n) is 10.2. The van der Waals surface area contributed by atoms with Crippen LogP contribution in [0.2, 0.25) is 0 Å². The number of hydrogen-bond acceptors (Lipinski definition) is 3. The highest BCUT2D eigenvalue weighted by Crippen LogP contribution is 2.05. The first-order valence-corrected chi connectivity index (χ1v) is 5.61. The standard InChI is InChI=1S/C11H24N2O2/c1-5-8(3)10(12)11(14)13-9(6-2)7-15-4/h8-10H,5-7,12H2,1-4H3,(H,13,14). The lowest BCUT2D eigenvalue weighted by atomic mass is 9.99. The van der Waals surface area contributed by atoms with Crippen molar-refractivity contribution in [1.82, 2.24) is 5.32 Å². The molecular weight excluding hydrogens is 192 g/mol. The number of ether oxygens (including phenoxy) is 1. The molecule has 0 aliphatic carbocycles. The Labute approximate surface area is 92.6 Å². The average molecular weight is 216 g/mol. The van der Waals surface area contributed by atoms with Crippen LogP contribution in [0.1, 0.15) is 33.6 Å². The molecule has 0 spiro atoms. The van der Waals surface area contributed by atoms with Gasteiger partial charge in [0.2, 0.25) is 5.91 Å². The zero-order chi connectivity index (χ0) is 11.8. The van der Waals surface area contributed by atoms with Crippen molar-refractivity contribution in [1.29, 1.82) is 0 Å². The molecule has 90 valence electrons. The lowest BCUT2D eigenvalue weighted by Crippen LogP contribution is -2.49. The Hall–Kier alpha value is -0.610. The summed E-state index contributed by atoms with van der Waals surface area (Å²) in [6.45, 7) is 6.57. The fraction of sp³-hybridized carbons (Fsp3) is 0.909. The van der Waals surface area contributed by atoms with Gasteiger partial charge in [-0.2, -0.15) is 0 Å². The van der Waals surface area contributed by atoms with E-state index in [1.165, 1.54) is 0 Å². The highest BCUT2D eigenvalue weighted by atomic mass is 16.5. The summed E-state index contributed by atoms with van der Waals surface area (Å²) in [5, 5.41) is 2.89. The monoisotopic (exact) mass is 216 g/mol. The Morgan fingerprint density at radius 2 is 2.00 bits per heavy atom. The third-order valence-corrected chi connectivity index (χ3v) is 2.77. The van der Waals surface area contributed by atoms with Crippen LogP contribution in [0, 0.1) is 5.92 Å². The summed E-state index contributed by atoms with van der Waals surface area (Å²) >= 11 is 0. The van der Waals surface area contributed by atoms with E-state index in [0.29, 0.717) is 6.61 Å². The quantitative estimate of drug-likeness (QED) is 0.664. The topological polar surface area (TPSA) is 64.3 Å². The molecule has 0 heterocycles. The second kappa shape index (κ2) is 7.65. The fourth-order valence-corrected chi connectivity index (χ4v) is 1.27. The summed E-state index contributed by atoms with van der Waals surface area (Å²) in [7, 11) is 1.63. The van der Waals surface area contributed by atoms with E-state index >= 15 is 0 Å². The summed E-state index contributed by atoms with van der Waals surface area (Å²) in [5.74, 6) is 0.137. The number of carbonyl (C=O) groups excluding carboxylic acids is 1. The number of carbonyl (C=O) groups is 1. The molecule has 0 aromatic carbocycles. The largest absolute Gasteiger partial charge is 0.383 e. The van der Waals surface area contributed by atoms with Gasteiger partial charge in [-0.25, -0.2) is 0 Å². The maximum Gasteiger partial charge on any atom is 0.237 e. The van der Waals surface area contributed by atoms with Crippen molar-refractivity contribution < 1.29 is 9.53 Å². The Bertz CT molecular complexity index is 185. The van der Waals surface area contributed by atoms with Crippen LogP contribution in [0.25, 0.3) is 0 Å². The van der Waals surface area contributed by atoms with Crippen LogP contribution < -0.4 is 11.1 Å². The SMILES string of the molecule is CCC(COC)NC(=O)C(N)C(C)CC. The predicted octanol–water partition coefficient (Wildman–Crippen LogP) is 0.901. The molecule has 0 rings (SSSR count). The molecule has 0 saturated heterocycles. The third kappa shape index (κ3) is 5.14. The van der Waals surface area contributed by atoms with E-state index < -0.39 is 6.04 Å². The van der Waals surface area contributed by atoms with Crippen molar-refractivity contribution in [3.63, 3.8) is 0 Å². The summed E-state index contributed by atoms with van der Waals surface area (Å²) in [4.78, 5) is 11.7. The molecule has 3 atom stereocenters. The van der Waals surface area contributed by atoms with Gasteiger partial charge >= 0.3 is 0 Å². The summed E-state index contributed by atoms with van der Waals surface area (Å²) < 4.78 is 5.01. The van der Waals surface area contributed by atoms with Crippen molar-refractivity contribution >= 4 is 5.91 Å². The number of hydrogen-bond donors (Lipinski definition) is 2. The molecule has 15 heavy (non-hydrogen) atoms. The first kappa shape index (κ1) is 14.4. The summed E-state index contributed by atoms with van der Waals surface area (Å²) in [5.41, 5.74) is 5.82. The molecule has 3 unspecified atom stereocenters. The molecule has 4 heteroatoms. The van der Waals surface area contributed by atoms with E-state index in [2.05, 4.69) is 5.32 Å². The molecule has 3 N–H and O–H groups in total. The molecule has 0 radical (unpaired) electrons. The van der Waals surface area contributed by atoms with Crippen LogP contribution in [0.5, 0.6) is 0 Å². The Balaban J connectivity index is 4.09. The van der Waals surface area contributed by atoms with Crippen LogP contribution >= 0.6 is 0 Å². The number of amides is 1. The molecule has 0 aliphatic rings. The van der Waals surface area contributed by atoms with E-state index in [1.54, 1.807) is 7.11 Å². The van der Waals surface area contributed by atoms with Gasteiger partial charge in [0.25, 0.3) is 0 Å². The summed E-state index contributed by atoms with van der Waals surface area (Å²) in [6, 6.07) is -0.349. The van der Waals surface area contributed by atoms with Crippen molar-refractivity contribution in [3.05, 3.63) is 0 Å². The first-order chi connectivity index (χ1) is 7.06. The van der Waals surface area contributed by atoms with Gasteiger partial charge < -0.3 is 15.8 Å². The van der Waals surface area contributed by atoms with E-state index in [-0.39, 0.29) is 17.9 Å². The van der Waals surface area contributed by atoms with Crippen LogP contribution in [0.4, 0.5) is 0 Å². The Morgan fingerprint density at radius 3 is 2.40 bits per heavy atom. The minimum Gasteiger partial charge on any atom is -0.383 e. The normalized spacial score (nSPS) is 16.9. The van der Waals surface area contributed by atoms with Crippen LogP contribution in [-0.2, 0) is 9.53 Å². The lowest BCUT2D eigenvalue weighted by molar-refractivity contribution is -0.124. The number of methoxy groups -OCH3 is 1. The van der Waals surface area contributed by atoms with Gasteiger partial charge in [0.15, 0.2) is 0 Å². The molecule has 0 saturated carbocycles. The predicted molar refractivity (Wildman–Crippen MR) is 61.5 cm³/mol. The Kier molecular flexibility index (Phi) is 7.34. The second-order valence-electron chi connectivity index (χ2n) is 3.98. The van der Waals surface area contributed by atoms with Crippen molar-refractivity contribution in [2.24, 2.45) is 11.7 Å². The molecule has 1 amide bonds. The third-order valence-electron chi connectivity index (χ3n) is 2.77. The lowest BCUT2D eigenvalue weighted by Gasteiger charge is -2.22. The molecule has 0 aliphatic heterocycles. The molecule has 0 aromatic heterocycles. The van der Waals surface area contributed by atoms with E-state index in [9.17, 15) is 4.79 Å². The van der Waals surface area contributed by atoms with Crippen LogP contribution in [-0.4, -0.2) is 31.7 Å². The Morgan fingerprint density at radius 1 is 1.40 bits per heavy atom. The molecule has 0 fully saturated rings. The minimum atomic E-state index is -0.416. The van der Waals surface area contributed by atoms with E-state index in [1.807, 2.05) is 20.8 Å². The smallest absolute Gasteiger partial charge is 0.237 e. The van der Waals surface area contributed by atoms with Crippen molar-refractivity contribution in [2.45, 2.75) is 45.7 Å². The number of nitrogens with two attached hydrogens (primary N) is 1. The average Bonchev–Trinajstić information content (AvgIpc) is 2.26. The fourth-order valence-electron chi connectivity index (χ4n) is 1.27. The van der Waals surface area contributed by atoms with Crippen LogP contribution in [0.3, 0.4) is 0 Å². The van der Waals surface area contributed by atoms with Gasteiger partial charge in [-0.15, -0.1) is 0 Å². The highest BCUT2D eigenvalue weighted by molar-refractivity contribution is 5.82. The maximum absolute atomic E-state index is 11.7. The van der Waals surface area contributed by atoms with Gasteiger partial charge in [0.1, 0.15) is 0 Å². The molecule has 0 aromatic rings. The van der Waals surface area contributed by atoms with Crippen molar-refractivity contribution in [3.8, 4) is 0 Å². The number of rotatable bonds is 7. The van der Waals surface area contributed by atoms with Crippen molar-refractivity contribution in [2.75, 3.05) is 13.7 Å². The van der Waals surface area contributed by atoms with E-state index in [0.717, 1.165) is 12.8 Å².